The van der Waals surface area contributed by atoms with E-state index >= 15 is 0 Å². The molecule has 0 aromatic rings. The first kappa shape index (κ1) is 13.6. The predicted octanol–water partition coefficient (Wildman–Crippen LogP) is 2.37. The first-order valence-electron chi connectivity index (χ1n) is 4.65. The van der Waals surface area contributed by atoms with Gasteiger partial charge in [0.25, 0.3) is 6.43 Å². The Morgan fingerprint density at radius 1 is 1.50 bits per heavy atom. The lowest BCUT2D eigenvalue weighted by Gasteiger charge is -2.24. The number of carbonyl (C=O) groups is 1. The molecule has 0 rings (SSSR count). The quantitative estimate of drug-likeness (QED) is 0.638. The molecule has 0 bridgehead atoms. The number of amides is 1. The summed E-state index contributed by atoms with van der Waals surface area (Å²) in [7, 11) is 0. The number of rotatable bonds is 6. The number of carbonyl (C=O) groups excluding carboxylic acids is 1. The Hall–Kier alpha value is -0.380. The number of halogens is 3. The summed E-state index contributed by atoms with van der Waals surface area (Å²) in [6.45, 7) is 3.25. The zero-order valence-electron chi connectivity index (χ0n) is 8.47. The van der Waals surface area contributed by atoms with E-state index in [0.29, 0.717) is 6.42 Å². The molecular weight excluding hydrogens is 212 g/mol. The van der Waals surface area contributed by atoms with Crippen molar-refractivity contribution in [3.63, 3.8) is 0 Å². The van der Waals surface area contributed by atoms with Gasteiger partial charge in [0.2, 0.25) is 5.91 Å². The van der Waals surface area contributed by atoms with Crippen LogP contribution < -0.4 is 0 Å². The molecule has 2 nitrogen and oxygen atoms in total. The van der Waals surface area contributed by atoms with Gasteiger partial charge >= 0.3 is 0 Å². The normalized spacial score (nSPS) is 13.0. The van der Waals surface area contributed by atoms with Crippen molar-refractivity contribution in [3.8, 4) is 0 Å². The van der Waals surface area contributed by atoms with Crippen LogP contribution in [0, 0.1) is 5.92 Å². The molecule has 0 heterocycles. The lowest BCUT2D eigenvalue weighted by atomic mass is 10.1. The molecule has 0 saturated carbocycles. The molecule has 14 heavy (non-hydrogen) atoms. The van der Waals surface area contributed by atoms with Crippen LogP contribution >= 0.6 is 11.6 Å². The second-order valence-corrected chi connectivity index (χ2v) is 3.55. The number of alkyl halides is 3. The van der Waals surface area contributed by atoms with Gasteiger partial charge in [0.05, 0.1) is 6.54 Å². The maximum absolute atomic E-state index is 12.1. The van der Waals surface area contributed by atoms with Crippen LogP contribution in [0.1, 0.15) is 20.3 Å². The Morgan fingerprint density at radius 2 is 2.07 bits per heavy atom. The van der Waals surface area contributed by atoms with Crippen LogP contribution in [0.3, 0.4) is 0 Å². The molecule has 0 aliphatic carbocycles. The summed E-state index contributed by atoms with van der Waals surface area (Å²) in [6.07, 6.45) is -1.84. The van der Waals surface area contributed by atoms with Gasteiger partial charge in [0, 0.05) is 18.3 Å². The molecule has 1 unspecified atom stereocenters. The number of hydrogen-bond acceptors (Lipinski definition) is 1. The molecule has 5 heteroatoms. The van der Waals surface area contributed by atoms with Crippen LogP contribution in [0.25, 0.3) is 0 Å². The monoisotopic (exact) mass is 227 g/mol. The second kappa shape index (κ2) is 6.98. The summed E-state index contributed by atoms with van der Waals surface area (Å²) < 4.78 is 24.2. The Morgan fingerprint density at radius 3 is 2.43 bits per heavy atom. The highest BCUT2D eigenvalue weighted by molar-refractivity contribution is 6.18. The van der Waals surface area contributed by atoms with Crippen LogP contribution in [0.15, 0.2) is 0 Å². The smallest absolute Gasteiger partial charge is 0.255 e. The summed E-state index contributed by atoms with van der Waals surface area (Å²) in [5, 5.41) is 0. The van der Waals surface area contributed by atoms with Crippen LogP contribution in [0.5, 0.6) is 0 Å². The summed E-state index contributed by atoms with van der Waals surface area (Å²) in [6, 6.07) is 0. The topological polar surface area (TPSA) is 20.3 Å². The van der Waals surface area contributed by atoms with Crippen LogP contribution in [0.2, 0.25) is 0 Å². The van der Waals surface area contributed by atoms with E-state index in [0.717, 1.165) is 4.90 Å². The van der Waals surface area contributed by atoms with E-state index in [1.54, 1.807) is 6.92 Å². The molecule has 0 N–H and O–H groups in total. The van der Waals surface area contributed by atoms with Gasteiger partial charge in [-0.3, -0.25) is 4.79 Å². The molecule has 0 aliphatic heterocycles. The average Bonchev–Trinajstić information content (AvgIpc) is 2.14. The van der Waals surface area contributed by atoms with E-state index in [1.165, 1.54) is 0 Å². The fourth-order valence-electron chi connectivity index (χ4n) is 1.05. The zero-order chi connectivity index (χ0) is 11.1. The third-order valence-corrected chi connectivity index (χ3v) is 2.23. The van der Waals surface area contributed by atoms with Crippen LogP contribution in [-0.4, -0.2) is 36.2 Å². The number of nitrogens with zero attached hydrogens (tertiary/aromatic N) is 1. The Bertz CT molecular complexity index is 178. The maximum atomic E-state index is 12.1. The maximum Gasteiger partial charge on any atom is 0.255 e. The summed E-state index contributed by atoms with van der Waals surface area (Å²) >= 11 is 5.43. The van der Waals surface area contributed by atoms with Gasteiger partial charge in [-0.05, 0) is 6.42 Å². The number of hydrogen-bond donors (Lipinski definition) is 0. The molecular formula is C9H16ClF2NO. The summed E-state index contributed by atoms with van der Waals surface area (Å²) in [4.78, 5) is 12.7. The molecule has 0 spiro atoms. The third kappa shape index (κ3) is 4.74. The molecule has 0 aliphatic rings. The summed E-state index contributed by atoms with van der Waals surface area (Å²) in [5.74, 6) is -0.264. The van der Waals surface area contributed by atoms with E-state index in [-0.39, 0.29) is 24.2 Å². The lowest BCUT2D eigenvalue weighted by Crippen LogP contribution is -2.39. The first-order valence-corrected chi connectivity index (χ1v) is 5.19. The van der Waals surface area contributed by atoms with Crippen molar-refractivity contribution in [2.45, 2.75) is 26.7 Å². The van der Waals surface area contributed by atoms with E-state index < -0.39 is 13.0 Å². The van der Waals surface area contributed by atoms with E-state index in [1.807, 2.05) is 6.92 Å². The van der Waals surface area contributed by atoms with E-state index in [9.17, 15) is 13.6 Å². The highest BCUT2D eigenvalue weighted by atomic mass is 35.5. The first-order chi connectivity index (χ1) is 6.52. The zero-order valence-corrected chi connectivity index (χ0v) is 9.23. The van der Waals surface area contributed by atoms with Gasteiger partial charge in [0.1, 0.15) is 0 Å². The molecule has 1 amide bonds. The van der Waals surface area contributed by atoms with Crippen molar-refractivity contribution in [3.05, 3.63) is 0 Å². The largest absolute Gasteiger partial charge is 0.336 e. The van der Waals surface area contributed by atoms with E-state index in [4.69, 9.17) is 11.6 Å². The van der Waals surface area contributed by atoms with Gasteiger partial charge in [0.15, 0.2) is 0 Å². The minimum atomic E-state index is -2.49. The van der Waals surface area contributed by atoms with Crippen LogP contribution in [0.4, 0.5) is 8.78 Å². The molecule has 0 radical (unpaired) electrons. The average molecular weight is 228 g/mol. The minimum Gasteiger partial charge on any atom is -0.336 e. The van der Waals surface area contributed by atoms with Crippen LogP contribution in [-0.2, 0) is 4.79 Å². The van der Waals surface area contributed by atoms with Gasteiger partial charge < -0.3 is 4.90 Å². The SMILES string of the molecule is CCC(C)C(=O)N(CCCl)CC(F)F. The fourth-order valence-corrected chi connectivity index (χ4v) is 1.25. The van der Waals surface area contributed by atoms with Gasteiger partial charge in [-0.2, -0.15) is 0 Å². The van der Waals surface area contributed by atoms with Gasteiger partial charge in [-0.25, -0.2) is 8.78 Å². The second-order valence-electron chi connectivity index (χ2n) is 3.17. The third-order valence-electron chi connectivity index (χ3n) is 2.06. The standard InChI is InChI=1S/C9H16ClF2NO/c1-3-7(2)9(14)13(5-4-10)6-8(11)12/h7-8H,3-6H2,1-2H3. The van der Waals surface area contributed by atoms with Crippen molar-refractivity contribution in [1.82, 2.24) is 4.90 Å². The van der Waals surface area contributed by atoms with Gasteiger partial charge in [-0.15, -0.1) is 11.6 Å². The lowest BCUT2D eigenvalue weighted by molar-refractivity contribution is -0.136. The predicted molar refractivity (Wildman–Crippen MR) is 52.8 cm³/mol. The Labute approximate surface area is 88.2 Å². The molecule has 84 valence electrons. The molecule has 0 saturated heterocycles. The van der Waals surface area contributed by atoms with Crippen molar-refractivity contribution in [2.24, 2.45) is 5.92 Å². The molecule has 0 fully saturated rings. The van der Waals surface area contributed by atoms with Crippen molar-refractivity contribution in [1.29, 1.82) is 0 Å². The molecule has 0 aromatic carbocycles. The molecule has 0 aromatic heterocycles. The Kier molecular flexibility index (Phi) is 6.79. The Balaban J connectivity index is 4.24. The van der Waals surface area contributed by atoms with Crippen molar-refractivity contribution in [2.75, 3.05) is 19.0 Å². The van der Waals surface area contributed by atoms with Gasteiger partial charge in [-0.1, -0.05) is 13.8 Å². The highest BCUT2D eigenvalue weighted by Crippen LogP contribution is 2.09. The fraction of sp³-hybridized carbons (Fsp3) is 0.889. The minimum absolute atomic E-state index is 0.189. The van der Waals surface area contributed by atoms with Crippen molar-refractivity contribution >= 4 is 17.5 Å². The van der Waals surface area contributed by atoms with Crippen molar-refractivity contribution < 1.29 is 13.6 Å². The van der Waals surface area contributed by atoms with E-state index in [2.05, 4.69) is 0 Å². The highest BCUT2D eigenvalue weighted by Gasteiger charge is 2.21. The summed E-state index contributed by atoms with van der Waals surface area (Å²) in [5.41, 5.74) is 0. The molecule has 1 atom stereocenters.